The van der Waals surface area contributed by atoms with Crippen molar-refractivity contribution < 1.29 is 22.9 Å². The van der Waals surface area contributed by atoms with Crippen LogP contribution in [0.5, 0.6) is 0 Å². The normalized spacial score (nSPS) is 11.1. The molecule has 27 heavy (non-hydrogen) atoms. The highest BCUT2D eigenvalue weighted by Gasteiger charge is 2.29. The molecule has 144 valence electrons. The van der Waals surface area contributed by atoms with Crippen LogP contribution in [0.1, 0.15) is 18.1 Å². The minimum absolute atomic E-state index is 0.00940. The summed E-state index contributed by atoms with van der Waals surface area (Å²) in [6.07, 6.45) is 0. The molecule has 2 aromatic carbocycles. The van der Waals surface area contributed by atoms with Crippen LogP contribution in [0.25, 0.3) is 0 Å². The van der Waals surface area contributed by atoms with Crippen LogP contribution in [0.2, 0.25) is 0 Å². The Labute approximate surface area is 157 Å². The first-order valence-corrected chi connectivity index (χ1v) is 9.61. The van der Waals surface area contributed by atoms with Gasteiger partial charge in [-0.2, -0.15) is 0 Å². The number of ether oxygens (including phenoxy) is 1. The number of esters is 1. The van der Waals surface area contributed by atoms with Gasteiger partial charge in [-0.05, 0) is 44.5 Å². The molecule has 0 atom stereocenters. The maximum absolute atomic E-state index is 13.1. The number of sulfonamides is 1. The molecule has 0 N–H and O–H groups in total. The van der Waals surface area contributed by atoms with Gasteiger partial charge in [-0.1, -0.05) is 17.7 Å². The van der Waals surface area contributed by atoms with Gasteiger partial charge in [0, 0.05) is 12.1 Å². The molecule has 2 rings (SSSR count). The molecule has 0 bridgehead atoms. The van der Waals surface area contributed by atoms with E-state index in [-0.39, 0.29) is 22.9 Å². The molecule has 0 aliphatic carbocycles. The first-order chi connectivity index (χ1) is 12.7. The van der Waals surface area contributed by atoms with E-state index in [0.717, 1.165) is 9.87 Å². The summed E-state index contributed by atoms with van der Waals surface area (Å²) in [5.74, 6) is -0.717. The molecular formula is C18H20N2O6S. The van der Waals surface area contributed by atoms with Crippen LogP contribution in [0, 0.1) is 24.0 Å². The van der Waals surface area contributed by atoms with Crippen LogP contribution in [0.3, 0.4) is 0 Å². The number of non-ortho nitro benzene ring substituents is 1. The molecule has 0 amide bonds. The number of hydrogen-bond acceptors (Lipinski definition) is 6. The molecule has 0 unspecified atom stereocenters. The number of nitro benzene ring substituents is 1. The minimum Gasteiger partial charge on any atom is -0.465 e. The second kappa shape index (κ2) is 8.17. The third kappa shape index (κ3) is 4.62. The monoisotopic (exact) mass is 392 g/mol. The van der Waals surface area contributed by atoms with E-state index >= 15 is 0 Å². The summed E-state index contributed by atoms with van der Waals surface area (Å²) >= 11 is 0. The zero-order valence-corrected chi connectivity index (χ0v) is 16.0. The van der Waals surface area contributed by atoms with Gasteiger partial charge in [0.15, 0.2) is 0 Å². The lowest BCUT2D eigenvalue weighted by atomic mass is 10.2. The average molecular weight is 392 g/mol. The number of carbonyl (C=O) groups excluding carboxylic acids is 1. The number of rotatable bonds is 7. The number of benzene rings is 2. The van der Waals surface area contributed by atoms with Crippen molar-refractivity contribution in [3.63, 3.8) is 0 Å². The molecule has 0 radical (unpaired) electrons. The predicted octanol–water partition coefficient (Wildman–Crippen LogP) is 2.97. The van der Waals surface area contributed by atoms with Crippen molar-refractivity contribution >= 4 is 27.4 Å². The van der Waals surface area contributed by atoms with E-state index in [9.17, 15) is 23.3 Å². The van der Waals surface area contributed by atoms with Crippen LogP contribution in [-0.2, 0) is 19.6 Å². The van der Waals surface area contributed by atoms with E-state index in [0.29, 0.717) is 5.56 Å². The third-order valence-corrected chi connectivity index (χ3v) is 5.62. The van der Waals surface area contributed by atoms with Crippen molar-refractivity contribution in [2.24, 2.45) is 0 Å². The number of anilines is 1. The maximum Gasteiger partial charge on any atom is 0.326 e. The number of carbonyl (C=O) groups is 1. The molecule has 9 heteroatoms. The van der Waals surface area contributed by atoms with E-state index in [2.05, 4.69) is 0 Å². The van der Waals surface area contributed by atoms with Crippen LogP contribution in [0.15, 0.2) is 47.4 Å². The van der Waals surface area contributed by atoms with Crippen molar-refractivity contribution in [3.8, 4) is 0 Å². The quantitative estimate of drug-likeness (QED) is 0.407. The molecule has 8 nitrogen and oxygen atoms in total. The van der Waals surface area contributed by atoms with Gasteiger partial charge in [-0.25, -0.2) is 8.42 Å². The van der Waals surface area contributed by atoms with Crippen molar-refractivity contribution in [1.82, 2.24) is 0 Å². The zero-order chi connectivity index (χ0) is 20.2. The Bertz CT molecular complexity index is 954. The summed E-state index contributed by atoms with van der Waals surface area (Å²) in [7, 11) is -4.08. The number of hydrogen-bond donors (Lipinski definition) is 0. The minimum atomic E-state index is -4.08. The van der Waals surface area contributed by atoms with Crippen LogP contribution in [0.4, 0.5) is 11.4 Å². The lowest BCUT2D eigenvalue weighted by molar-refractivity contribution is -0.384. The van der Waals surface area contributed by atoms with E-state index in [1.807, 2.05) is 6.92 Å². The molecule has 0 aromatic heterocycles. The largest absolute Gasteiger partial charge is 0.465 e. The maximum atomic E-state index is 13.1. The Morgan fingerprint density at radius 1 is 1.15 bits per heavy atom. The average Bonchev–Trinajstić information content (AvgIpc) is 2.60. The number of aryl methyl sites for hydroxylation is 2. The van der Waals surface area contributed by atoms with Gasteiger partial charge in [0.25, 0.3) is 15.7 Å². The van der Waals surface area contributed by atoms with Crippen molar-refractivity contribution in [3.05, 3.63) is 63.7 Å². The number of nitro groups is 1. The smallest absolute Gasteiger partial charge is 0.326 e. The second-order valence-corrected chi connectivity index (χ2v) is 7.72. The summed E-state index contributed by atoms with van der Waals surface area (Å²) in [5.41, 5.74) is 1.25. The summed E-state index contributed by atoms with van der Waals surface area (Å²) in [6.45, 7) is 4.56. The molecule has 2 aromatic rings. The molecule has 0 fully saturated rings. The van der Waals surface area contributed by atoms with Gasteiger partial charge in [0.2, 0.25) is 0 Å². The Hall–Kier alpha value is -2.94. The van der Waals surface area contributed by atoms with Crippen molar-refractivity contribution in [2.75, 3.05) is 17.5 Å². The van der Waals surface area contributed by atoms with Gasteiger partial charge in [0.1, 0.15) is 6.54 Å². The standard InChI is InChI=1S/C18H20N2O6S/c1-4-26-18(21)12-19(17-10-7-15(20(22)23)11-14(17)3)27(24,25)16-8-5-13(2)6-9-16/h5-11H,4,12H2,1-3H3. The SMILES string of the molecule is CCOC(=O)CN(c1ccc([N+](=O)[O-])cc1C)S(=O)(=O)c1ccc(C)cc1. The first kappa shape index (κ1) is 20.4. The van der Waals surface area contributed by atoms with E-state index in [1.54, 1.807) is 26.0 Å². The number of nitrogens with zero attached hydrogens (tertiary/aromatic N) is 2. The molecule has 0 aliphatic rings. The van der Waals surface area contributed by atoms with E-state index in [4.69, 9.17) is 4.74 Å². The van der Waals surface area contributed by atoms with Crippen LogP contribution in [-0.4, -0.2) is 32.5 Å². The summed E-state index contributed by atoms with van der Waals surface area (Å²) in [4.78, 5) is 22.4. The van der Waals surface area contributed by atoms with E-state index in [1.165, 1.54) is 30.3 Å². The molecule has 0 spiro atoms. The van der Waals surface area contributed by atoms with Crippen molar-refractivity contribution in [2.45, 2.75) is 25.7 Å². The second-order valence-electron chi connectivity index (χ2n) is 5.86. The molecule has 0 heterocycles. The Balaban J connectivity index is 2.56. The fourth-order valence-corrected chi connectivity index (χ4v) is 3.97. The Morgan fingerprint density at radius 2 is 1.78 bits per heavy atom. The Kier molecular flexibility index (Phi) is 6.17. The first-order valence-electron chi connectivity index (χ1n) is 8.17. The topological polar surface area (TPSA) is 107 Å². The third-order valence-electron chi connectivity index (χ3n) is 3.85. The van der Waals surface area contributed by atoms with Gasteiger partial charge in [-0.15, -0.1) is 0 Å². The predicted molar refractivity (Wildman–Crippen MR) is 100 cm³/mol. The fourth-order valence-electron chi connectivity index (χ4n) is 2.49. The Morgan fingerprint density at radius 3 is 2.30 bits per heavy atom. The molecule has 0 aliphatic heterocycles. The highest BCUT2D eigenvalue weighted by molar-refractivity contribution is 7.92. The van der Waals surface area contributed by atoms with Crippen LogP contribution < -0.4 is 4.31 Å². The van der Waals surface area contributed by atoms with E-state index < -0.39 is 27.5 Å². The highest BCUT2D eigenvalue weighted by Crippen LogP contribution is 2.29. The van der Waals surface area contributed by atoms with Crippen molar-refractivity contribution in [1.29, 1.82) is 0 Å². The zero-order valence-electron chi connectivity index (χ0n) is 15.2. The molecule has 0 saturated carbocycles. The summed E-state index contributed by atoms with van der Waals surface area (Å²) in [6, 6.07) is 9.98. The molecular weight excluding hydrogens is 372 g/mol. The summed E-state index contributed by atoms with van der Waals surface area (Å²) < 4.78 is 32.1. The lowest BCUT2D eigenvalue weighted by Gasteiger charge is -2.25. The summed E-state index contributed by atoms with van der Waals surface area (Å²) in [5, 5.41) is 10.9. The fraction of sp³-hybridized carbons (Fsp3) is 0.278. The highest BCUT2D eigenvalue weighted by atomic mass is 32.2. The van der Waals surface area contributed by atoms with Gasteiger partial charge in [-0.3, -0.25) is 19.2 Å². The lowest BCUT2D eigenvalue weighted by Crippen LogP contribution is -2.37. The van der Waals surface area contributed by atoms with Crippen LogP contribution >= 0.6 is 0 Å². The van der Waals surface area contributed by atoms with Gasteiger partial charge >= 0.3 is 5.97 Å². The molecule has 0 saturated heterocycles. The van der Waals surface area contributed by atoms with Gasteiger partial charge in [0.05, 0.1) is 22.1 Å². The van der Waals surface area contributed by atoms with Gasteiger partial charge < -0.3 is 4.74 Å².